The first-order valence-corrected chi connectivity index (χ1v) is 8.47. The van der Waals surface area contributed by atoms with E-state index in [0.717, 1.165) is 37.1 Å². The SMILES string of the molecule is CN(Cc1nccs1)C(=O)CN1CCN(c2ncccn2)CC1. The number of nitrogens with zero attached hydrogens (tertiary/aromatic N) is 6. The Bertz CT molecular complexity index is 612. The molecule has 0 saturated carbocycles. The van der Waals surface area contributed by atoms with Crippen LogP contribution in [0.5, 0.6) is 0 Å². The molecule has 0 radical (unpaired) electrons. The molecule has 3 heterocycles. The van der Waals surface area contributed by atoms with Crippen LogP contribution in [0.25, 0.3) is 0 Å². The Hall–Kier alpha value is -2.06. The van der Waals surface area contributed by atoms with Crippen LogP contribution >= 0.6 is 11.3 Å². The van der Waals surface area contributed by atoms with Crippen molar-refractivity contribution < 1.29 is 4.79 Å². The van der Waals surface area contributed by atoms with E-state index in [-0.39, 0.29) is 5.91 Å². The lowest BCUT2D eigenvalue weighted by molar-refractivity contribution is -0.131. The fourth-order valence-corrected chi connectivity index (χ4v) is 3.16. The zero-order valence-corrected chi connectivity index (χ0v) is 13.9. The summed E-state index contributed by atoms with van der Waals surface area (Å²) in [7, 11) is 1.83. The maximum absolute atomic E-state index is 12.3. The molecule has 1 fully saturated rings. The number of piperazine rings is 1. The number of amides is 1. The molecule has 0 spiro atoms. The number of carbonyl (C=O) groups is 1. The largest absolute Gasteiger partial charge is 0.338 e. The van der Waals surface area contributed by atoms with Gasteiger partial charge >= 0.3 is 0 Å². The fourth-order valence-electron chi connectivity index (χ4n) is 2.49. The molecular formula is C15H20N6OS. The van der Waals surface area contributed by atoms with Gasteiger partial charge in [-0.3, -0.25) is 9.69 Å². The zero-order valence-electron chi connectivity index (χ0n) is 13.1. The van der Waals surface area contributed by atoms with Crippen molar-refractivity contribution in [1.29, 1.82) is 0 Å². The summed E-state index contributed by atoms with van der Waals surface area (Å²) in [5, 5.41) is 2.89. The third-order valence-electron chi connectivity index (χ3n) is 3.85. The van der Waals surface area contributed by atoms with E-state index < -0.39 is 0 Å². The van der Waals surface area contributed by atoms with Crippen LogP contribution in [-0.2, 0) is 11.3 Å². The molecule has 0 bridgehead atoms. The Morgan fingerprint density at radius 3 is 2.57 bits per heavy atom. The highest BCUT2D eigenvalue weighted by atomic mass is 32.1. The number of likely N-dealkylation sites (N-methyl/N-ethyl adjacent to an activating group) is 1. The van der Waals surface area contributed by atoms with Crippen molar-refractivity contribution >= 4 is 23.2 Å². The van der Waals surface area contributed by atoms with E-state index in [4.69, 9.17) is 0 Å². The summed E-state index contributed by atoms with van der Waals surface area (Å²) >= 11 is 1.57. The molecule has 0 aliphatic carbocycles. The molecule has 23 heavy (non-hydrogen) atoms. The van der Waals surface area contributed by atoms with Gasteiger partial charge in [-0.25, -0.2) is 15.0 Å². The molecule has 0 N–H and O–H groups in total. The highest BCUT2D eigenvalue weighted by Crippen LogP contribution is 2.11. The number of hydrogen-bond donors (Lipinski definition) is 0. The van der Waals surface area contributed by atoms with Crippen molar-refractivity contribution in [2.45, 2.75) is 6.54 Å². The molecule has 1 aliphatic rings. The van der Waals surface area contributed by atoms with Crippen LogP contribution in [0.2, 0.25) is 0 Å². The van der Waals surface area contributed by atoms with Crippen LogP contribution in [-0.4, -0.2) is 70.4 Å². The van der Waals surface area contributed by atoms with E-state index in [1.54, 1.807) is 34.8 Å². The highest BCUT2D eigenvalue weighted by molar-refractivity contribution is 7.09. The molecule has 1 saturated heterocycles. The average molecular weight is 332 g/mol. The molecule has 7 nitrogen and oxygen atoms in total. The lowest BCUT2D eigenvalue weighted by Crippen LogP contribution is -2.50. The minimum atomic E-state index is 0.129. The van der Waals surface area contributed by atoms with E-state index >= 15 is 0 Å². The standard InChI is InChI=1S/C15H20N6OS/c1-19(11-13-16-5-10-23-13)14(22)12-20-6-8-21(9-7-20)15-17-3-2-4-18-15/h2-5,10H,6-9,11-12H2,1H3. The molecule has 8 heteroatoms. The molecule has 122 valence electrons. The summed E-state index contributed by atoms with van der Waals surface area (Å²) < 4.78 is 0. The van der Waals surface area contributed by atoms with Gasteiger partial charge in [0, 0.05) is 57.2 Å². The summed E-state index contributed by atoms with van der Waals surface area (Å²) in [5.74, 6) is 0.893. The fraction of sp³-hybridized carbons (Fsp3) is 0.467. The molecule has 0 atom stereocenters. The molecular weight excluding hydrogens is 312 g/mol. The topological polar surface area (TPSA) is 65.5 Å². The normalized spacial score (nSPS) is 15.6. The first-order valence-electron chi connectivity index (χ1n) is 7.59. The van der Waals surface area contributed by atoms with Gasteiger partial charge in [0.05, 0.1) is 13.1 Å². The van der Waals surface area contributed by atoms with E-state index in [2.05, 4.69) is 24.8 Å². The van der Waals surface area contributed by atoms with Gasteiger partial charge in [-0.1, -0.05) is 0 Å². The number of aromatic nitrogens is 3. The monoisotopic (exact) mass is 332 g/mol. The predicted molar refractivity (Wildman–Crippen MR) is 89.3 cm³/mol. The minimum absolute atomic E-state index is 0.129. The molecule has 1 aliphatic heterocycles. The van der Waals surface area contributed by atoms with Gasteiger partial charge in [0.25, 0.3) is 0 Å². The number of rotatable bonds is 5. The quantitative estimate of drug-likeness (QED) is 0.804. The van der Waals surface area contributed by atoms with Crippen molar-refractivity contribution in [2.24, 2.45) is 0 Å². The summed E-state index contributed by atoms with van der Waals surface area (Å²) in [4.78, 5) is 31.2. The lowest BCUT2D eigenvalue weighted by Gasteiger charge is -2.34. The van der Waals surface area contributed by atoms with E-state index in [9.17, 15) is 4.79 Å². The van der Waals surface area contributed by atoms with Gasteiger partial charge in [-0.05, 0) is 6.07 Å². The van der Waals surface area contributed by atoms with Crippen LogP contribution in [0.3, 0.4) is 0 Å². The summed E-state index contributed by atoms with van der Waals surface area (Å²) in [5.41, 5.74) is 0. The minimum Gasteiger partial charge on any atom is -0.338 e. The number of anilines is 1. The number of thiazole rings is 1. The average Bonchev–Trinajstić information content (AvgIpc) is 3.09. The summed E-state index contributed by atoms with van der Waals surface area (Å²) in [6.07, 6.45) is 5.28. The lowest BCUT2D eigenvalue weighted by atomic mass is 10.3. The molecule has 2 aromatic rings. The van der Waals surface area contributed by atoms with Gasteiger partial charge < -0.3 is 9.80 Å². The first kappa shape index (κ1) is 15.8. The second-order valence-electron chi connectivity index (χ2n) is 5.49. The number of carbonyl (C=O) groups excluding carboxylic acids is 1. The van der Waals surface area contributed by atoms with Gasteiger partial charge in [0.15, 0.2) is 0 Å². The third-order valence-corrected chi connectivity index (χ3v) is 4.61. The maximum Gasteiger partial charge on any atom is 0.236 e. The second-order valence-corrected chi connectivity index (χ2v) is 6.47. The Balaban J connectivity index is 1.46. The number of hydrogen-bond acceptors (Lipinski definition) is 7. The molecule has 1 amide bonds. The van der Waals surface area contributed by atoms with E-state index in [1.165, 1.54) is 0 Å². The van der Waals surface area contributed by atoms with Crippen molar-refractivity contribution in [1.82, 2.24) is 24.8 Å². The van der Waals surface area contributed by atoms with Gasteiger partial charge in [0.1, 0.15) is 5.01 Å². The van der Waals surface area contributed by atoms with Gasteiger partial charge in [-0.15, -0.1) is 11.3 Å². The summed E-state index contributed by atoms with van der Waals surface area (Å²) in [6.45, 7) is 4.39. The Labute approximate surface area is 139 Å². The van der Waals surface area contributed by atoms with Crippen LogP contribution in [0.15, 0.2) is 30.0 Å². The van der Waals surface area contributed by atoms with Crippen LogP contribution in [0, 0.1) is 0 Å². The Morgan fingerprint density at radius 2 is 1.91 bits per heavy atom. The van der Waals surface area contributed by atoms with Crippen LogP contribution in [0.1, 0.15) is 5.01 Å². The molecule has 0 unspecified atom stereocenters. The Kier molecular flexibility index (Phi) is 5.14. The second kappa shape index (κ2) is 7.47. The maximum atomic E-state index is 12.3. The van der Waals surface area contributed by atoms with Gasteiger partial charge in [0.2, 0.25) is 11.9 Å². The van der Waals surface area contributed by atoms with Crippen LogP contribution < -0.4 is 4.90 Å². The Morgan fingerprint density at radius 1 is 1.17 bits per heavy atom. The van der Waals surface area contributed by atoms with Crippen molar-refractivity contribution in [3.63, 3.8) is 0 Å². The molecule has 0 aromatic carbocycles. The predicted octanol–water partition coefficient (Wildman–Crippen LogP) is 0.714. The van der Waals surface area contributed by atoms with E-state index in [0.29, 0.717) is 13.1 Å². The van der Waals surface area contributed by atoms with Gasteiger partial charge in [-0.2, -0.15) is 0 Å². The third kappa shape index (κ3) is 4.23. The highest BCUT2D eigenvalue weighted by Gasteiger charge is 2.21. The van der Waals surface area contributed by atoms with Crippen molar-refractivity contribution in [3.05, 3.63) is 35.0 Å². The van der Waals surface area contributed by atoms with E-state index in [1.807, 2.05) is 18.5 Å². The smallest absolute Gasteiger partial charge is 0.236 e. The van der Waals surface area contributed by atoms with Crippen molar-refractivity contribution in [3.8, 4) is 0 Å². The molecule has 2 aromatic heterocycles. The first-order chi connectivity index (χ1) is 11.2. The summed E-state index contributed by atoms with van der Waals surface area (Å²) in [6, 6.07) is 1.82. The van der Waals surface area contributed by atoms with Crippen molar-refractivity contribution in [2.75, 3.05) is 44.7 Å². The van der Waals surface area contributed by atoms with Crippen LogP contribution in [0.4, 0.5) is 5.95 Å². The zero-order chi connectivity index (χ0) is 16.1. The molecule has 3 rings (SSSR count).